The van der Waals surface area contributed by atoms with Gasteiger partial charge < -0.3 is 20.1 Å². The van der Waals surface area contributed by atoms with Crippen molar-refractivity contribution in [3.05, 3.63) is 48.0 Å². The maximum absolute atomic E-state index is 13.1. The van der Waals surface area contributed by atoms with Gasteiger partial charge in [-0.2, -0.15) is 0 Å². The molecule has 0 aliphatic carbocycles. The number of rotatable bonds is 9. The van der Waals surface area contributed by atoms with Crippen molar-refractivity contribution >= 4 is 18.0 Å². The molecule has 0 aliphatic heterocycles. The minimum Gasteiger partial charge on any atom is -0.466 e. The Morgan fingerprint density at radius 2 is 1.73 bits per heavy atom. The van der Waals surface area contributed by atoms with Crippen molar-refractivity contribution in [2.24, 2.45) is 5.92 Å². The van der Waals surface area contributed by atoms with Crippen LogP contribution in [0.2, 0.25) is 0 Å². The van der Waals surface area contributed by atoms with Crippen LogP contribution in [0.5, 0.6) is 0 Å². The molecule has 7 heteroatoms. The monoisotopic (exact) mass is 418 g/mol. The number of ether oxygens (including phenoxy) is 2. The van der Waals surface area contributed by atoms with E-state index >= 15 is 0 Å². The molecule has 0 spiro atoms. The molecule has 0 aromatic heterocycles. The van der Waals surface area contributed by atoms with Crippen molar-refractivity contribution in [3.63, 3.8) is 0 Å². The van der Waals surface area contributed by atoms with Crippen molar-refractivity contribution in [1.82, 2.24) is 10.6 Å². The Bertz CT molecular complexity index is 725. The fraction of sp³-hybridized carbons (Fsp3) is 0.522. The normalized spacial score (nSPS) is 14.5. The first-order valence-electron chi connectivity index (χ1n) is 10.2. The van der Waals surface area contributed by atoms with Gasteiger partial charge in [-0.25, -0.2) is 9.59 Å². The first-order valence-corrected chi connectivity index (χ1v) is 10.2. The molecule has 166 valence electrons. The minimum atomic E-state index is -0.833. The van der Waals surface area contributed by atoms with Gasteiger partial charge in [0.1, 0.15) is 11.6 Å². The summed E-state index contributed by atoms with van der Waals surface area (Å²) in [5.41, 5.74) is 0.222. The summed E-state index contributed by atoms with van der Waals surface area (Å²) >= 11 is 0. The Kier molecular flexibility index (Phi) is 10.1. The lowest BCUT2D eigenvalue weighted by Gasteiger charge is -2.26. The average molecular weight is 419 g/mol. The van der Waals surface area contributed by atoms with E-state index in [1.165, 1.54) is 13.2 Å². The Morgan fingerprint density at radius 3 is 2.27 bits per heavy atom. The van der Waals surface area contributed by atoms with Crippen LogP contribution in [0, 0.1) is 5.92 Å². The zero-order chi connectivity index (χ0) is 22.7. The van der Waals surface area contributed by atoms with Crippen LogP contribution in [0.15, 0.2) is 42.5 Å². The third-order valence-corrected chi connectivity index (χ3v) is 4.50. The second-order valence-corrected chi connectivity index (χ2v) is 8.19. The zero-order valence-electron chi connectivity index (χ0n) is 18.7. The van der Waals surface area contributed by atoms with Gasteiger partial charge >= 0.3 is 12.1 Å². The van der Waals surface area contributed by atoms with Crippen LogP contribution >= 0.6 is 0 Å². The fourth-order valence-corrected chi connectivity index (χ4v) is 2.66. The lowest BCUT2D eigenvalue weighted by Crippen LogP contribution is -2.52. The topological polar surface area (TPSA) is 93.7 Å². The van der Waals surface area contributed by atoms with Crippen LogP contribution < -0.4 is 10.6 Å². The van der Waals surface area contributed by atoms with E-state index < -0.39 is 23.7 Å². The number of benzene rings is 1. The molecular formula is C23H34N2O5. The number of methoxy groups -OCH3 is 1. The van der Waals surface area contributed by atoms with Crippen LogP contribution in [-0.4, -0.2) is 42.8 Å². The maximum Gasteiger partial charge on any atom is 0.408 e. The Morgan fingerprint density at radius 1 is 1.10 bits per heavy atom. The van der Waals surface area contributed by atoms with Crippen LogP contribution in [0.1, 0.15) is 46.6 Å². The number of hydrogen-bond donors (Lipinski definition) is 2. The third kappa shape index (κ3) is 9.58. The first kappa shape index (κ1) is 25.2. The van der Waals surface area contributed by atoms with Crippen molar-refractivity contribution in [3.8, 4) is 0 Å². The summed E-state index contributed by atoms with van der Waals surface area (Å²) in [4.78, 5) is 36.8. The predicted molar refractivity (Wildman–Crippen MR) is 116 cm³/mol. The molecule has 0 aliphatic rings. The zero-order valence-corrected chi connectivity index (χ0v) is 18.7. The van der Waals surface area contributed by atoms with E-state index in [4.69, 9.17) is 4.74 Å². The quantitative estimate of drug-likeness (QED) is 0.474. The van der Waals surface area contributed by atoms with E-state index in [9.17, 15) is 14.4 Å². The van der Waals surface area contributed by atoms with Crippen LogP contribution in [0.4, 0.5) is 4.79 Å². The number of carbonyl (C=O) groups is 3. The van der Waals surface area contributed by atoms with E-state index in [-0.39, 0.29) is 17.9 Å². The molecule has 1 aromatic rings. The number of amides is 2. The highest BCUT2D eigenvalue weighted by atomic mass is 16.6. The van der Waals surface area contributed by atoms with E-state index in [2.05, 4.69) is 15.4 Å². The number of alkyl carbamates (subject to hydrolysis) is 1. The second kappa shape index (κ2) is 12.0. The first-order chi connectivity index (χ1) is 14.1. The number of hydrogen-bond acceptors (Lipinski definition) is 5. The molecule has 2 amide bonds. The molecule has 7 nitrogen and oxygen atoms in total. The molecule has 3 atom stereocenters. The Labute approximate surface area is 179 Å². The maximum atomic E-state index is 13.1. The second-order valence-electron chi connectivity index (χ2n) is 8.19. The van der Waals surface area contributed by atoms with E-state index in [0.29, 0.717) is 6.42 Å². The molecule has 0 heterocycles. The SMILES string of the molecule is CC[C@H](C)[C@@H](/C=C/C(=O)OC)NC(=O)[C@H](Cc1ccccc1)NC(=O)OC(C)(C)C. The molecule has 2 N–H and O–H groups in total. The number of carbonyl (C=O) groups excluding carboxylic acids is 3. The summed E-state index contributed by atoms with van der Waals surface area (Å²) in [6, 6.07) is 8.19. The van der Waals surface area contributed by atoms with Gasteiger partial charge in [0.2, 0.25) is 5.91 Å². The van der Waals surface area contributed by atoms with Crippen molar-refractivity contribution in [2.45, 2.75) is 65.1 Å². The Hall–Kier alpha value is -2.83. The number of esters is 1. The largest absolute Gasteiger partial charge is 0.466 e. The standard InChI is InChI=1S/C23H34N2O5/c1-7-16(2)18(13-14-20(26)29-6)24-21(27)19(15-17-11-9-8-10-12-17)25-22(28)30-23(3,4)5/h8-14,16,18-19H,7,15H2,1-6H3,(H,24,27)(H,25,28)/b14-13+/t16-,18+,19-/m0/s1. The number of nitrogens with one attached hydrogen (secondary N) is 2. The van der Waals surface area contributed by atoms with Crippen LogP contribution in [-0.2, 0) is 25.5 Å². The summed E-state index contributed by atoms with van der Waals surface area (Å²) in [5, 5.41) is 5.60. The molecule has 0 bridgehead atoms. The van der Waals surface area contributed by atoms with Gasteiger partial charge in [0.15, 0.2) is 0 Å². The molecule has 0 fully saturated rings. The molecule has 0 radical (unpaired) electrons. The van der Waals surface area contributed by atoms with Gasteiger partial charge in [-0.1, -0.05) is 56.7 Å². The average Bonchev–Trinajstić information content (AvgIpc) is 2.68. The highest BCUT2D eigenvalue weighted by molar-refractivity contribution is 5.87. The van der Waals surface area contributed by atoms with Gasteiger partial charge in [-0.15, -0.1) is 0 Å². The van der Waals surface area contributed by atoms with Gasteiger partial charge in [0.25, 0.3) is 0 Å². The van der Waals surface area contributed by atoms with Crippen LogP contribution in [0.3, 0.4) is 0 Å². The summed E-state index contributed by atoms with van der Waals surface area (Å²) in [7, 11) is 1.30. The van der Waals surface area contributed by atoms with E-state index in [1.807, 2.05) is 44.2 Å². The molecule has 1 aromatic carbocycles. The van der Waals surface area contributed by atoms with Crippen molar-refractivity contribution < 1.29 is 23.9 Å². The lowest BCUT2D eigenvalue weighted by molar-refractivity contribution is -0.135. The smallest absolute Gasteiger partial charge is 0.408 e. The highest BCUT2D eigenvalue weighted by Crippen LogP contribution is 2.12. The van der Waals surface area contributed by atoms with Gasteiger partial charge in [-0.3, -0.25) is 4.79 Å². The molecule has 0 saturated carbocycles. The predicted octanol–water partition coefficient (Wildman–Crippen LogP) is 3.38. The summed E-state index contributed by atoms with van der Waals surface area (Å²) in [6.07, 6.45) is 3.35. The summed E-state index contributed by atoms with van der Waals surface area (Å²) in [5.74, 6) is -0.774. The summed E-state index contributed by atoms with van der Waals surface area (Å²) in [6.45, 7) is 9.25. The third-order valence-electron chi connectivity index (χ3n) is 4.50. The Balaban J connectivity index is 3.01. The molecule has 30 heavy (non-hydrogen) atoms. The van der Waals surface area contributed by atoms with Crippen LogP contribution in [0.25, 0.3) is 0 Å². The van der Waals surface area contributed by atoms with Crippen molar-refractivity contribution in [2.75, 3.05) is 7.11 Å². The molecule has 1 rings (SSSR count). The molecule has 0 saturated heterocycles. The molecule has 0 unspecified atom stereocenters. The molecular weight excluding hydrogens is 384 g/mol. The highest BCUT2D eigenvalue weighted by Gasteiger charge is 2.27. The van der Waals surface area contributed by atoms with Gasteiger partial charge in [0, 0.05) is 12.5 Å². The summed E-state index contributed by atoms with van der Waals surface area (Å²) < 4.78 is 9.95. The lowest BCUT2D eigenvalue weighted by atomic mass is 9.97. The van der Waals surface area contributed by atoms with E-state index in [1.54, 1.807) is 26.8 Å². The fourth-order valence-electron chi connectivity index (χ4n) is 2.66. The van der Waals surface area contributed by atoms with E-state index in [0.717, 1.165) is 12.0 Å². The van der Waals surface area contributed by atoms with Gasteiger partial charge in [0.05, 0.1) is 13.2 Å². The van der Waals surface area contributed by atoms with Crippen molar-refractivity contribution in [1.29, 1.82) is 0 Å². The minimum absolute atomic E-state index is 0.0776. The van der Waals surface area contributed by atoms with Gasteiger partial charge in [-0.05, 0) is 32.3 Å².